The lowest BCUT2D eigenvalue weighted by Gasteiger charge is -2.04. The average molecular weight is 284 g/mol. The number of halogens is 1. The summed E-state index contributed by atoms with van der Waals surface area (Å²) in [5.74, 6) is 0.852. The van der Waals surface area contributed by atoms with E-state index in [-0.39, 0.29) is 0 Å². The molecule has 0 saturated carbocycles. The minimum Gasteiger partial charge on any atom is -0.363 e. The molecule has 5 heteroatoms. The van der Waals surface area contributed by atoms with E-state index in [1.165, 1.54) is 0 Å². The van der Waals surface area contributed by atoms with Crippen LogP contribution in [0.25, 0.3) is 0 Å². The normalized spacial score (nSPS) is 10.3. The number of thiazole rings is 1. The fourth-order valence-corrected chi connectivity index (χ4v) is 2.27. The van der Waals surface area contributed by atoms with Gasteiger partial charge in [0.25, 0.3) is 0 Å². The van der Waals surface area contributed by atoms with Crippen LogP contribution < -0.4 is 5.32 Å². The van der Waals surface area contributed by atoms with Crippen LogP contribution in [-0.4, -0.2) is 9.97 Å². The zero-order valence-electron chi connectivity index (χ0n) is 8.20. The van der Waals surface area contributed by atoms with E-state index in [0.717, 1.165) is 21.0 Å². The van der Waals surface area contributed by atoms with E-state index in [1.807, 2.05) is 24.4 Å². The summed E-state index contributed by atoms with van der Waals surface area (Å²) in [6.45, 7) is 2.71. The molecule has 0 unspecified atom stereocenters. The van der Waals surface area contributed by atoms with Crippen molar-refractivity contribution in [3.63, 3.8) is 0 Å². The van der Waals surface area contributed by atoms with E-state index in [1.54, 1.807) is 17.5 Å². The molecule has 0 aliphatic rings. The van der Waals surface area contributed by atoms with Crippen molar-refractivity contribution in [1.29, 1.82) is 0 Å². The fraction of sp³-hybridized carbons (Fsp3) is 0.200. The number of rotatable bonds is 3. The van der Waals surface area contributed by atoms with Crippen molar-refractivity contribution in [2.24, 2.45) is 0 Å². The van der Waals surface area contributed by atoms with Crippen LogP contribution in [0.2, 0.25) is 0 Å². The molecule has 15 heavy (non-hydrogen) atoms. The second-order valence-corrected chi connectivity index (χ2v) is 4.87. The lowest BCUT2D eigenvalue weighted by atomic mass is 10.4. The third-order valence-electron chi connectivity index (χ3n) is 1.83. The van der Waals surface area contributed by atoms with Crippen LogP contribution >= 0.6 is 27.3 Å². The standard InChI is InChI=1S/C10H10BrN3S/c1-7-6-15-9(14-7)5-13-10-8(11)3-2-4-12-10/h2-4,6H,5H2,1H3,(H,12,13). The van der Waals surface area contributed by atoms with Crippen molar-refractivity contribution in [3.8, 4) is 0 Å². The number of nitrogens with zero attached hydrogens (tertiary/aromatic N) is 2. The minimum atomic E-state index is 0.716. The van der Waals surface area contributed by atoms with Gasteiger partial charge in [-0.05, 0) is 35.0 Å². The topological polar surface area (TPSA) is 37.8 Å². The molecule has 0 atom stereocenters. The molecule has 0 bridgehead atoms. The van der Waals surface area contributed by atoms with Crippen LogP contribution in [0.15, 0.2) is 28.2 Å². The molecule has 2 rings (SSSR count). The fourth-order valence-electron chi connectivity index (χ4n) is 1.16. The second-order valence-electron chi connectivity index (χ2n) is 3.07. The molecule has 2 heterocycles. The average Bonchev–Trinajstić information content (AvgIpc) is 2.63. The predicted molar refractivity (Wildman–Crippen MR) is 66.1 cm³/mol. The Kier molecular flexibility index (Phi) is 3.33. The minimum absolute atomic E-state index is 0.716. The first-order chi connectivity index (χ1) is 7.25. The molecule has 0 aliphatic heterocycles. The van der Waals surface area contributed by atoms with Gasteiger partial charge in [0.1, 0.15) is 10.8 Å². The van der Waals surface area contributed by atoms with Gasteiger partial charge in [-0.2, -0.15) is 0 Å². The van der Waals surface area contributed by atoms with E-state index in [4.69, 9.17) is 0 Å². The summed E-state index contributed by atoms with van der Waals surface area (Å²) in [6, 6.07) is 3.85. The van der Waals surface area contributed by atoms with Gasteiger partial charge in [0.15, 0.2) is 0 Å². The Morgan fingerprint density at radius 2 is 2.40 bits per heavy atom. The van der Waals surface area contributed by atoms with Gasteiger partial charge in [-0.15, -0.1) is 11.3 Å². The maximum Gasteiger partial charge on any atom is 0.140 e. The van der Waals surface area contributed by atoms with Crippen LogP contribution in [0, 0.1) is 6.92 Å². The molecule has 3 nitrogen and oxygen atoms in total. The number of anilines is 1. The molecule has 0 aromatic carbocycles. The first kappa shape index (κ1) is 10.6. The van der Waals surface area contributed by atoms with E-state index in [0.29, 0.717) is 6.54 Å². The van der Waals surface area contributed by atoms with E-state index < -0.39 is 0 Å². The predicted octanol–water partition coefficient (Wildman–Crippen LogP) is 3.22. The maximum absolute atomic E-state index is 4.37. The summed E-state index contributed by atoms with van der Waals surface area (Å²) in [7, 11) is 0. The summed E-state index contributed by atoms with van der Waals surface area (Å²) in [5, 5.41) is 6.35. The Hall–Kier alpha value is -0.940. The van der Waals surface area contributed by atoms with E-state index in [9.17, 15) is 0 Å². The lowest BCUT2D eigenvalue weighted by Crippen LogP contribution is -2.01. The number of hydrogen-bond acceptors (Lipinski definition) is 4. The number of hydrogen-bond donors (Lipinski definition) is 1. The number of pyridine rings is 1. The van der Waals surface area contributed by atoms with Crippen molar-refractivity contribution >= 4 is 33.1 Å². The molecule has 0 spiro atoms. The Balaban J connectivity index is 2.02. The number of nitrogens with one attached hydrogen (secondary N) is 1. The van der Waals surface area contributed by atoms with Crippen molar-refractivity contribution in [2.75, 3.05) is 5.32 Å². The van der Waals surface area contributed by atoms with Gasteiger partial charge in [0, 0.05) is 17.3 Å². The molecular formula is C10H10BrN3S. The smallest absolute Gasteiger partial charge is 0.140 e. The molecule has 1 N–H and O–H groups in total. The van der Waals surface area contributed by atoms with Gasteiger partial charge < -0.3 is 5.32 Å². The Bertz CT molecular complexity index is 455. The zero-order chi connectivity index (χ0) is 10.7. The van der Waals surface area contributed by atoms with Gasteiger partial charge in [-0.25, -0.2) is 9.97 Å². The van der Waals surface area contributed by atoms with Crippen molar-refractivity contribution in [1.82, 2.24) is 9.97 Å². The lowest BCUT2D eigenvalue weighted by molar-refractivity contribution is 1.05. The van der Waals surface area contributed by atoms with Gasteiger partial charge in [0.05, 0.1) is 11.0 Å². The first-order valence-electron chi connectivity index (χ1n) is 4.51. The molecule has 2 aromatic heterocycles. The maximum atomic E-state index is 4.37. The molecule has 0 amide bonds. The molecule has 0 fully saturated rings. The van der Waals surface area contributed by atoms with Crippen LogP contribution in [-0.2, 0) is 6.54 Å². The van der Waals surface area contributed by atoms with Crippen LogP contribution in [0.3, 0.4) is 0 Å². The third-order valence-corrected chi connectivity index (χ3v) is 3.44. The molecule has 2 aromatic rings. The summed E-state index contributed by atoms with van der Waals surface area (Å²) < 4.78 is 0.971. The molecule has 78 valence electrons. The Morgan fingerprint density at radius 3 is 3.07 bits per heavy atom. The second kappa shape index (κ2) is 4.72. The zero-order valence-corrected chi connectivity index (χ0v) is 10.6. The van der Waals surface area contributed by atoms with Crippen molar-refractivity contribution in [3.05, 3.63) is 38.9 Å². The molecular weight excluding hydrogens is 274 g/mol. The third kappa shape index (κ3) is 2.76. The van der Waals surface area contributed by atoms with Crippen LogP contribution in [0.4, 0.5) is 5.82 Å². The number of aromatic nitrogens is 2. The SMILES string of the molecule is Cc1csc(CNc2ncccc2Br)n1. The highest BCUT2D eigenvalue weighted by molar-refractivity contribution is 9.10. The van der Waals surface area contributed by atoms with Crippen molar-refractivity contribution < 1.29 is 0 Å². The van der Waals surface area contributed by atoms with Gasteiger partial charge in [0.2, 0.25) is 0 Å². The highest BCUT2D eigenvalue weighted by Crippen LogP contribution is 2.19. The van der Waals surface area contributed by atoms with Crippen molar-refractivity contribution in [2.45, 2.75) is 13.5 Å². The largest absolute Gasteiger partial charge is 0.363 e. The molecule has 0 radical (unpaired) electrons. The Morgan fingerprint density at radius 1 is 1.53 bits per heavy atom. The molecule has 0 saturated heterocycles. The first-order valence-corrected chi connectivity index (χ1v) is 6.18. The number of aryl methyl sites for hydroxylation is 1. The molecule has 0 aliphatic carbocycles. The highest BCUT2D eigenvalue weighted by Gasteiger charge is 2.01. The van der Waals surface area contributed by atoms with Gasteiger partial charge >= 0.3 is 0 Å². The monoisotopic (exact) mass is 283 g/mol. The highest BCUT2D eigenvalue weighted by atomic mass is 79.9. The summed E-state index contributed by atoms with van der Waals surface area (Å²) in [5.41, 5.74) is 1.07. The van der Waals surface area contributed by atoms with E-state index >= 15 is 0 Å². The Labute approximate surface area is 101 Å². The van der Waals surface area contributed by atoms with Gasteiger partial charge in [-0.3, -0.25) is 0 Å². The van der Waals surface area contributed by atoms with Crippen LogP contribution in [0.5, 0.6) is 0 Å². The van der Waals surface area contributed by atoms with Crippen LogP contribution in [0.1, 0.15) is 10.7 Å². The summed E-state index contributed by atoms with van der Waals surface area (Å²) in [6.07, 6.45) is 1.76. The quantitative estimate of drug-likeness (QED) is 0.940. The van der Waals surface area contributed by atoms with Gasteiger partial charge in [-0.1, -0.05) is 0 Å². The summed E-state index contributed by atoms with van der Waals surface area (Å²) in [4.78, 5) is 8.59. The summed E-state index contributed by atoms with van der Waals surface area (Å²) >= 11 is 5.09. The van der Waals surface area contributed by atoms with E-state index in [2.05, 4.69) is 31.2 Å².